The van der Waals surface area contributed by atoms with Crippen molar-refractivity contribution < 1.29 is 14.0 Å². The standard InChI is InChI=1S/C13H9FN2O2/c14-10-5-6-11(16-7-10)8-1-3-9(4-2-8)12(17)13(15)18/h1-7H,(H2,15,18). The maximum Gasteiger partial charge on any atom is 0.289 e. The second-order valence-corrected chi connectivity index (χ2v) is 3.63. The zero-order valence-corrected chi connectivity index (χ0v) is 9.26. The second-order valence-electron chi connectivity index (χ2n) is 3.63. The molecule has 0 aliphatic heterocycles. The van der Waals surface area contributed by atoms with E-state index in [0.717, 1.165) is 11.8 Å². The molecule has 1 aromatic carbocycles. The highest BCUT2D eigenvalue weighted by atomic mass is 19.1. The fourth-order valence-electron chi connectivity index (χ4n) is 1.48. The summed E-state index contributed by atoms with van der Waals surface area (Å²) in [4.78, 5) is 25.9. The normalized spacial score (nSPS) is 10.1. The number of amides is 1. The van der Waals surface area contributed by atoms with Gasteiger partial charge in [0.25, 0.3) is 5.91 Å². The first-order chi connectivity index (χ1) is 8.58. The van der Waals surface area contributed by atoms with Crippen LogP contribution in [0.5, 0.6) is 0 Å². The molecule has 0 bridgehead atoms. The van der Waals surface area contributed by atoms with Crippen LogP contribution in [0.3, 0.4) is 0 Å². The maximum atomic E-state index is 12.7. The minimum absolute atomic E-state index is 0.216. The molecule has 0 saturated carbocycles. The molecular weight excluding hydrogens is 235 g/mol. The van der Waals surface area contributed by atoms with Crippen LogP contribution in [-0.2, 0) is 4.79 Å². The second kappa shape index (κ2) is 4.75. The average Bonchev–Trinajstić information content (AvgIpc) is 2.39. The number of carbonyl (C=O) groups excluding carboxylic acids is 2. The Morgan fingerprint density at radius 2 is 1.72 bits per heavy atom. The zero-order valence-electron chi connectivity index (χ0n) is 9.26. The van der Waals surface area contributed by atoms with Crippen molar-refractivity contribution in [1.82, 2.24) is 4.98 Å². The molecule has 2 aromatic rings. The Kier molecular flexibility index (Phi) is 3.14. The molecule has 5 heteroatoms. The minimum Gasteiger partial charge on any atom is -0.363 e. The van der Waals surface area contributed by atoms with Crippen LogP contribution in [0.25, 0.3) is 11.3 Å². The molecule has 0 radical (unpaired) electrons. The van der Waals surface area contributed by atoms with Gasteiger partial charge < -0.3 is 5.73 Å². The van der Waals surface area contributed by atoms with Gasteiger partial charge in [0.15, 0.2) is 0 Å². The van der Waals surface area contributed by atoms with Gasteiger partial charge in [-0.05, 0) is 12.1 Å². The number of rotatable bonds is 3. The van der Waals surface area contributed by atoms with Crippen molar-refractivity contribution in [3.63, 3.8) is 0 Å². The fourth-order valence-corrected chi connectivity index (χ4v) is 1.48. The fraction of sp³-hybridized carbons (Fsp3) is 0. The van der Waals surface area contributed by atoms with Crippen molar-refractivity contribution in [2.45, 2.75) is 0 Å². The smallest absolute Gasteiger partial charge is 0.289 e. The molecule has 1 heterocycles. The van der Waals surface area contributed by atoms with Gasteiger partial charge >= 0.3 is 0 Å². The summed E-state index contributed by atoms with van der Waals surface area (Å²) in [6.07, 6.45) is 1.11. The third-order valence-corrected chi connectivity index (χ3v) is 2.39. The van der Waals surface area contributed by atoms with Crippen LogP contribution < -0.4 is 5.73 Å². The van der Waals surface area contributed by atoms with Gasteiger partial charge in [-0.1, -0.05) is 24.3 Å². The molecule has 4 nitrogen and oxygen atoms in total. The lowest BCUT2D eigenvalue weighted by Gasteiger charge is -2.02. The summed E-state index contributed by atoms with van der Waals surface area (Å²) < 4.78 is 12.7. The molecule has 0 aliphatic carbocycles. The quantitative estimate of drug-likeness (QED) is 0.657. The largest absolute Gasteiger partial charge is 0.363 e. The van der Waals surface area contributed by atoms with Crippen molar-refractivity contribution in [2.24, 2.45) is 5.73 Å². The molecule has 0 spiro atoms. The number of aromatic nitrogens is 1. The van der Waals surface area contributed by atoms with Gasteiger partial charge in [0.2, 0.25) is 5.78 Å². The summed E-state index contributed by atoms with van der Waals surface area (Å²) in [6, 6.07) is 9.03. The monoisotopic (exact) mass is 244 g/mol. The van der Waals surface area contributed by atoms with Crippen LogP contribution in [0.1, 0.15) is 10.4 Å². The van der Waals surface area contributed by atoms with Gasteiger partial charge in [-0.15, -0.1) is 0 Å². The molecule has 90 valence electrons. The Balaban J connectivity index is 2.30. The van der Waals surface area contributed by atoms with Gasteiger partial charge in [-0.3, -0.25) is 14.6 Å². The molecule has 0 unspecified atom stereocenters. The number of nitrogens with zero attached hydrogens (tertiary/aromatic N) is 1. The minimum atomic E-state index is -0.998. The van der Waals surface area contributed by atoms with Gasteiger partial charge in [0.05, 0.1) is 11.9 Å². The van der Waals surface area contributed by atoms with E-state index in [4.69, 9.17) is 5.73 Å². The highest BCUT2D eigenvalue weighted by molar-refractivity contribution is 6.42. The molecular formula is C13H9FN2O2. The molecule has 18 heavy (non-hydrogen) atoms. The maximum absolute atomic E-state index is 12.7. The van der Waals surface area contributed by atoms with Crippen LogP contribution in [0.15, 0.2) is 42.6 Å². The third kappa shape index (κ3) is 2.40. The molecule has 0 atom stereocenters. The van der Waals surface area contributed by atoms with Crippen LogP contribution >= 0.6 is 0 Å². The lowest BCUT2D eigenvalue weighted by Crippen LogP contribution is -2.22. The van der Waals surface area contributed by atoms with Crippen molar-refractivity contribution in [2.75, 3.05) is 0 Å². The molecule has 0 fully saturated rings. The summed E-state index contributed by atoms with van der Waals surface area (Å²) >= 11 is 0. The van der Waals surface area contributed by atoms with Crippen LogP contribution in [-0.4, -0.2) is 16.7 Å². The summed E-state index contributed by atoms with van der Waals surface area (Å²) in [5.41, 5.74) is 6.40. The molecule has 0 saturated heterocycles. The Bertz CT molecular complexity index is 591. The van der Waals surface area contributed by atoms with E-state index in [0.29, 0.717) is 5.69 Å². The zero-order chi connectivity index (χ0) is 13.1. The van der Waals surface area contributed by atoms with E-state index in [1.807, 2.05) is 0 Å². The number of ketones is 1. The van der Waals surface area contributed by atoms with E-state index in [-0.39, 0.29) is 5.56 Å². The molecule has 0 aliphatic rings. The van der Waals surface area contributed by atoms with Crippen LogP contribution in [0.4, 0.5) is 4.39 Å². The predicted molar refractivity (Wildman–Crippen MR) is 63.2 cm³/mol. The number of benzene rings is 1. The first-order valence-electron chi connectivity index (χ1n) is 5.14. The van der Waals surface area contributed by atoms with E-state index in [1.165, 1.54) is 24.3 Å². The number of hydrogen-bond donors (Lipinski definition) is 1. The number of primary amides is 1. The molecule has 1 aromatic heterocycles. The molecule has 2 rings (SSSR count). The Morgan fingerprint density at radius 1 is 1.06 bits per heavy atom. The predicted octanol–water partition coefficient (Wildman–Crippen LogP) is 1.56. The highest BCUT2D eigenvalue weighted by Gasteiger charge is 2.11. The number of Topliss-reactive ketones (excluding diaryl/α,β-unsaturated/α-hetero) is 1. The summed E-state index contributed by atoms with van der Waals surface area (Å²) in [5, 5.41) is 0. The third-order valence-electron chi connectivity index (χ3n) is 2.39. The lowest BCUT2D eigenvalue weighted by molar-refractivity contribution is -0.114. The van der Waals surface area contributed by atoms with E-state index in [1.54, 1.807) is 12.1 Å². The van der Waals surface area contributed by atoms with Crippen molar-refractivity contribution >= 4 is 11.7 Å². The van der Waals surface area contributed by atoms with Gasteiger partial charge in [-0.2, -0.15) is 0 Å². The summed E-state index contributed by atoms with van der Waals surface area (Å²) in [5.74, 6) is -2.16. The van der Waals surface area contributed by atoms with Crippen molar-refractivity contribution in [1.29, 1.82) is 0 Å². The van der Waals surface area contributed by atoms with Crippen LogP contribution in [0, 0.1) is 5.82 Å². The summed E-state index contributed by atoms with van der Waals surface area (Å²) in [6.45, 7) is 0. The van der Waals surface area contributed by atoms with Crippen LogP contribution in [0.2, 0.25) is 0 Å². The first-order valence-corrected chi connectivity index (χ1v) is 5.14. The first kappa shape index (κ1) is 11.9. The van der Waals surface area contributed by atoms with E-state index >= 15 is 0 Å². The van der Waals surface area contributed by atoms with Crippen molar-refractivity contribution in [3.8, 4) is 11.3 Å². The topological polar surface area (TPSA) is 73.1 Å². The number of pyridine rings is 1. The van der Waals surface area contributed by atoms with Gasteiger partial charge in [-0.25, -0.2) is 4.39 Å². The average molecular weight is 244 g/mol. The highest BCUT2D eigenvalue weighted by Crippen LogP contribution is 2.17. The number of carbonyl (C=O) groups is 2. The Hall–Kier alpha value is -2.56. The van der Waals surface area contributed by atoms with E-state index in [2.05, 4.69) is 4.98 Å². The molecule has 1 amide bonds. The number of nitrogens with two attached hydrogens (primary N) is 1. The Labute approximate surface area is 102 Å². The summed E-state index contributed by atoms with van der Waals surface area (Å²) in [7, 11) is 0. The number of hydrogen-bond acceptors (Lipinski definition) is 3. The van der Waals surface area contributed by atoms with E-state index in [9.17, 15) is 14.0 Å². The van der Waals surface area contributed by atoms with Gasteiger partial charge in [0, 0.05) is 11.1 Å². The number of halogens is 1. The van der Waals surface area contributed by atoms with Crippen molar-refractivity contribution in [3.05, 3.63) is 54.0 Å². The Morgan fingerprint density at radius 3 is 2.22 bits per heavy atom. The van der Waals surface area contributed by atoms with Gasteiger partial charge in [0.1, 0.15) is 5.82 Å². The molecule has 2 N–H and O–H groups in total. The van der Waals surface area contributed by atoms with E-state index < -0.39 is 17.5 Å². The lowest BCUT2D eigenvalue weighted by atomic mass is 10.1. The SMILES string of the molecule is NC(=O)C(=O)c1ccc(-c2ccc(F)cn2)cc1.